The highest BCUT2D eigenvalue weighted by Crippen LogP contribution is 2.35. The van der Waals surface area contributed by atoms with E-state index in [9.17, 15) is 0 Å². The van der Waals surface area contributed by atoms with Crippen LogP contribution in [-0.2, 0) is 12.8 Å². The van der Waals surface area contributed by atoms with Crippen LogP contribution in [-0.4, -0.2) is 36.6 Å². The molecule has 4 heteroatoms. The summed E-state index contributed by atoms with van der Waals surface area (Å²) in [6.45, 7) is 5.97. The molecule has 3 fully saturated rings. The molecule has 2 aromatic rings. The molecule has 0 atom stereocenters. The van der Waals surface area contributed by atoms with Gasteiger partial charge < -0.3 is 15.4 Å². The molecule has 0 spiro atoms. The molecule has 2 N–H and O–H groups in total. The Balaban J connectivity index is 1.55. The highest BCUT2D eigenvalue weighted by atomic mass is 16.5. The van der Waals surface area contributed by atoms with Crippen LogP contribution in [0.1, 0.15) is 43.7 Å². The van der Waals surface area contributed by atoms with Crippen molar-refractivity contribution in [3.8, 4) is 17.0 Å². The Morgan fingerprint density at radius 1 is 1.07 bits per heavy atom. The minimum absolute atomic E-state index is 0.539. The molecule has 1 saturated carbocycles. The lowest BCUT2D eigenvalue weighted by atomic mass is 9.84. The van der Waals surface area contributed by atoms with E-state index in [-0.39, 0.29) is 0 Å². The van der Waals surface area contributed by atoms with Crippen molar-refractivity contribution in [1.29, 1.82) is 0 Å². The van der Waals surface area contributed by atoms with Crippen molar-refractivity contribution in [3.63, 3.8) is 0 Å². The lowest BCUT2D eigenvalue weighted by Crippen LogP contribution is -2.30. The molecule has 1 aromatic heterocycles. The second-order valence-electron chi connectivity index (χ2n) is 8.52. The van der Waals surface area contributed by atoms with E-state index in [1.807, 2.05) is 18.2 Å². The summed E-state index contributed by atoms with van der Waals surface area (Å²) in [5.41, 5.74) is 10.6. The number of anilines is 1. The molecule has 3 heterocycles. The third-order valence-electron chi connectivity index (χ3n) is 6.65. The van der Waals surface area contributed by atoms with E-state index in [0.29, 0.717) is 5.82 Å². The van der Waals surface area contributed by atoms with Crippen LogP contribution in [0.15, 0.2) is 30.3 Å². The molecule has 150 valence electrons. The standard InChI is InChI=1S/C24H33N3O/c1-3-19-13-21(22-5-4-6-24(25)26-22)23(28-2)14-20(19)11-12-27-15-17-7-8-18(16-27)10-9-17/h4-6,13-14,17-18H,3,7-12,15-16H2,1-2H3,(H2,25,26). The Kier molecular flexibility index (Phi) is 5.86. The Bertz CT molecular complexity index is 797. The number of ether oxygens (including phenoxy) is 1. The van der Waals surface area contributed by atoms with Gasteiger partial charge in [-0.2, -0.15) is 0 Å². The molecule has 1 aromatic carbocycles. The number of aromatic nitrogens is 1. The first-order valence-electron chi connectivity index (χ1n) is 10.8. The van der Waals surface area contributed by atoms with Crippen LogP contribution in [0.25, 0.3) is 11.3 Å². The monoisotopic (exact) mass is 379 g/mol. The summed E-state index contributed by atoms with van der Waals surface area (Å²) in [6, 6.07) is 10.2. The molecule has 0 amide bonds. The number of nitrogen functional groups attached to an aromatic ring is 1. The van der Waals surface area contributed by atoms with Crippen molar-refractivity contribution in [1.82, 2.24) is 9.88 Å². The number of hydrogen-bond acceptors (Lipinski definition) is 4. The van der Waals surface area contributed by atoms with Crippen molar-refractivity contribution < 1.29 is 4.74 Å². The molecule has 0 radical (unpaired) electrons. The second kappa shape index (κ2) is 8.52. The largest absolute Gasteiger partial charge is 0.496 e. The first-order valence-corrected chi connectivity index (χ1v) is 10.8. The van der Waals surface area contributed by atoms with Crippen LogP contribution >= 0.6 is 0 Å². The lowest BCUT2D eigenvalue weighted by molar-refractivity contribution is 0.255. The predicted molar refractivity (Wildman–Crippen MR) is 116 cm³/mol. The van der Waals surface area contributed by atoms with Crippen LogP contribution in [0.2, 0.25) is 0 Å². The number of nitrogens with two attached hydrogens (primary N) is 1. The number of fused-ring (bicyclic) bond motifs is 4. The van der Waals surface area contributed by atoms with Gasteiger partial charge in [0.1, 0.15) is 11.6 Å². The maximum Gasteiger partial charge on any atom is 0.128 e. The lowest BCUT2D eigenvalue weighted by Gasteiger charge is -2.23. The molecular formula is C24H33N3O. The van der Waals surface area contributed by atoms with Crippen molar-refractivity contribution in [3.05, 3.63) is 41.5 Å². The van der Waals surface area contributed by atoms with Gasteiger partial charge in [-0.25, -0.2) is 4.98 Å². The zero-order valence-corrected chi connectivity index (χ0v) is 17.3. The van der Waals surface area contributed by atoms with Gasteiger partial charge in [0.05, 0.1) is 12.8 Å². The first-order chi connectivity index (χ1) is 13.7. The van der Waals surface area contributed by atoms with Crippen molar-refractivity contribution in [2.24, 2.45) is 11.8 Å². The SMILES string of the molecule is CCc1cc(-c2cccc(N)n2)c(OC)cc1CCN1CC2CCC(CC2)C1. The first kappa shape index (κ1) is 19.3. The zero-order valence-electron chi connectivity index (χ0n) is 17.3. The highest BCUT2D eigenvalue weighted by molar-refractivity contribution is 5.70. The Hall–Kier alpha value is -2.07. The zero-order chi connectivity index (χ0) is 19.5. The highest BCUT2D eigenvalue weighted by Gasteiger charge is 2.29. The van der Waals surface area contributed by atoms with Crippen molar-refractivity contribution in [2.45, 2.75) is 45.4 Å². The van der Waals surface area contributed by atoms with E-state index >= 15 is 0 Å². The average molecular weight is 380 g/mol. The van der Waals surface area contributed by atoms with E-state index in [0.717, 1.165) is 48.2 Å². The normalized spacial score (nSPS) is 22.2. The maximum atomic E-state index is 5.90. The molecule has 28 heavy (non-hydrogen) atoms. The summed E-state index contributed by atoms with van der Waals surface area (Å²) in [5.74, 6) is 3.28. The van der Waals surface area contributed by atoms with Gasteiger partial charge >= 0.3 is 0 Å². The molecule has 2 saturated heterocycles. The van der Waals surface area contributed by atoms with Gasteiger partial charge in [0, 0.05) is 25.2 Å². The Labute approximate surface area is 169 Å². The average Bonchev–Trinajstić information content (AvgIpc) is 3.04. The predicted octanol–water partition coefficient (Wildman–Crippen LogP) is 4.57. The molecule has 4 nitrogen and oxygen atoms in total. The summed E-state index contributed by atoms with van der Waals surface area (Å²) in [5, 5.41) is 0. The molecular weight excluding hydrogens is 346 g/mol. The van der Waals surface area contributed by atoms with E-state index in [4.69, 9.17) is 10.5 Å². The summed E-state index contributed by atoms with van der Waals surface area (Å²) in [4.78, 5) is 7.22. The Morgan fingerprint density at radius 3 is 2.39 bits per heavy atom. The minimum Gasteiger partial charge on any atom is -0.496 e. The van der Waals surface area contributed by atoms with Gasteiger partial charge in [-0.05, 0) is 85.8 Å². The third kappa shape index (κ3) is 4.17. The molecule has 2 bridgehead atoms. The number of hydrogen-bond donors (Lipinski definition) is 1. The van der Waals surface area contributed by atoms with Crippen LogP contribution < -0.4 is 10.5 Å². The quantitative estimate of drug-likeness (QED) is 0.799. The van der Waals surface area contributed by atoms with Crippen LogP contribution in [0, 0.1) is 11.8 Å². The summed E-state index contributed by atoms with van der Waals surface area (Å²) >= 11 is 0. The van der Waals surface area contributed by atoms with E-state index in [2.05, 4.69) is 28.9 Å². The molecule has 3 aliphatic rings. The van der Waals surface area contributed by atoms with Crippen LogP contribution in [0.3, 0.4) is 0 Å². The number of nitrogens with zero attached hydrogens (tertiary/aromatic N) is 2. The van der Waals surface area contributed by atoms with Crippen molar-refractivity contribution in [2.75, 3.05) is 32.5 Å². The number of rotatable bonds is 6. The molecule has 2 aliphatic heterocycles. The summed E-state index contributed by atoms with van der Waals surface area (Å²) in [7, 11) is 1.74. The summed E-state index contributed by atoms with van der Waals surface area (Å²) in [6.07, 6.45) is 7.87. The summed E-state index contributed by atoms with van der Waals surface area (Å²) < 4.78 is 5.74. The van der Waals surface area contributed by atoms with Gasteiger partial charge in [-0.3, -0.25) is 0 Å². The van der Waals surface area contributed by atoms with E-state index in [1.54, 1.807) is 7.11 Å². The van der Waals surface area contributed by atoms with Crippen LogP contribution in [0.4, 0.5) is 5.82 Å². The number of aryl methyl sites for hydroxylation is 1. The van der Waals surface area contributed by atoms with Gasteiger partial charge in [-0.15, -0.1) is 0 Å². The third-order valence-corrected chi connectivity index (χ3v) is 6.65. The number of benzene rings is 1. The molecule has 1 aliphatic carbocycles. The van der Waals surface area contributed by atoms with E-state index < -0.39 is 0 Å². The van der Waals surface area contributed by atoms with Gasteiger partial charge in [0.2, 0.25) is 0 Å². The Morgan fingerprint density at radius 2 is 1.79 bits per heavy atom. The second-order valence-corrected chi connectivity index (χ2v) is 8.52. The molecule has 5 rings (SSSR count). The fourth-order valence-corrected chi connectivity index (χ4v) is 5.06. The smallest absolute Gasteiger partial charge is 0.128 e. The van der Waals surface area contributed by atoms with Crippen molar-refractivity contribution >= 4 is 5.82 Å². The van der Waals surface area contributed by atoms with Gasteiger partial charge in [-0.1, -0.05) is 13.0 Å². The molecule has 0 unspecified atom stereocenters. The van der Waals surface area contributed by atoms with Gasteiger partial charge in [0.25, 0.3) is 0 Å². The minimum atomic E-state index is 0.539. The van der Waals surface area contributed by atoms with Gasteiger partial charge in [0.15, 0.2) is 0 Å². The van der Waals surface area contributed by atoms with E-state index in [1.165, 1.54) is 49.9 Å². The topological polar surface area (TPSA) is 51.4 Å². The van der Waals surface area contributed by atoms with Crippen LogP contribution in [0.5, 0.6) is 5.75 Å². The fraction of sp³-hybridized carbons (Fsp3) is 0.542. The number of pyridine rings is 1. The fourth-order valence-electron chi connectivity index (χ4n) is 5.06. The maximum absolute atomic E-state index is 5.90. The number of methoxy groups -OCH3 is 1.